The first kappa shape index (κ1) is 17.1. The summed E-state index contributed by atoms with van der Waals surface area (Å²) in [6.45, 7) is 8.77. The number of carbonyl (C=O) groups excluding carboxylic acids is 1. The van der Waals surface area contributed by atoms with Gasteiger partial charge in [-0.15, -0.1) is 11.3 Å². The number of aromatic nitrogens is 1. The molecule has 2 aromatic rings. The Balaban J connectivity index is 1.60. The van der Waals surface area contributed by atoms with Gasteiger partial charge in [-0.25, -0.2) is 4.98 Å². The lowest BCUT2D eigenvalue weighted by Crippen LogP contribution is -2.44. The maximum Gasteiger partial charge on any atom is 0.257 e. The molecule has 128 valence electrons. The monoisotopic (exact) mass is 345 g/mol. The van der Waals surface area contributed by atoms with Crippen molar-refractivity contribution < 1.29 is 9.53 Å². The van der Waals surface area contributed by atoms with E-state index < -0.39 is 0 Å². The Kier molecular flexibility index (Phi) is 5.28. The zero-order chi connectivity index (χ0) is 17.1. The molecule has 1 aliphatic heterocycles. The minimum absolute atomic E-state index is 0.117. The van der Waals surface area contributed by atoms with Crippen molar-refractivity contribution in [1.29, 1.82) is 0 Å². The molecule has 2 heterocycles. The summed E-state index contributed by atoms with van der Waals surface area (Å²) in [5.41, 5.74) is 2.71. The lowest BCUT2D eigenvalue weighted by molar-refractivity contribution is -0.0707. The molecule has 1 fully saturated rings. The average Bonchev–Trinajstić information content (AvgIpc) is 2.93. The second-order valence-electron chi connectivity index (χ2n) is 6.42. The number of morpholine rings is 1. The minimum Gasteiger partial charge on any atom is -0.373 e. The van der Waals surface area contributed by atoms with Gasteiger partial charge < -0.3 is 4.74 Å². The van der Waals surface area contributed by atoms with Gasteiger partial charge in [0, 0.05) is 30.6 Å². The zero-order valence-electron chi connectivity index (χ0n) is 14.3. The Hall–Kier alpha value is -1.76. The summed E-state index contributed by atoms with van der Waals surface area (Å²) in [6, 6.07) is 7.55. The molecule has 1 aliphatic rings. The van der Waals surface area contributed by atoms with Crippen molar-refractivity contribution in [3.8, 4) is 0 Å². The molecule has 0 bridgehead atoms. The number of amides is 1. The van der Waals surface area contributed by atoms with Crippen LogP contribution in [0.25, 0.3) is 0 Å². The fraction of sp³-hybridized carbons (Fsp3) is 0.444. The molecule has 0 spiro atoms. The largest absolute Gasteiger partial charge is 0.373 e. The SMILES string of the molecule is Cc1cccc(C(=O)Nc2nc(CN3CC(C)OC(C)C3)cs2)c1. The van der Waals surface area contributed by atoms with Gasteiger partial charge in [-0.1, -0.05) is 17.7 Å². The van der Waals surface area contributed by atoms with Crippen LogP contribution in [0.3, 0.4) is 0 Å². The van der Waals surface area contributed by atoms with Crippen LogP contribution in [0.1, 0.15) is 35.5 Å². The Morgan fingerprint density at radius 3 is 2.83 bits per heavy atom. The van der Waals surface area contributed by atoms with E-state index in [1.54, 1.807) is 0 Å². The molecule has 1 aromatic heterocycles. The second-order valence-corrected chi connectivity index (χ2v) is 7.28. The summed E-state index contributed by atoms with van der Waals surface area (Å²) in [7, 11) is 0. The number of ether oxygens (including phenoxy) is 1. The molecular formula is C18H23N3O2S. The number of nitrogens with zero attached hydrogens (tertiary/aromatic N) is 2. The Morgan fingerprint density at radius 2 is 2.12 bits per heavy atom. The fourth-order valence-electron chi connectivity index (χ4n) is 3.04. The van der Waals surface area contributed by atoms with Gasteiger partial charge in [0.2, 0.25) is 0 Å². The van der Waals surface area contributed by atoms with Crippen LogP contribution in [0.15, 0.2) is 29.6 Å². The van der Waals surface area contributed by atoms with Crippen molar-refractivity contribution in [2.75, 3.05) is 18.4 Å². The first-order valence-electron chi connectivity index (χ1n) is 8.20. The lowest BCUT2D eigenvalue weighted by atomic mass is 10.1. The number of hydrogen-bond acceptors (Lipinski definition) is 5. The molecular weight excluding hydrogens is 322 g/mol. The summed E-state index contributed by atoms with van der Waals surface area (Å²) < 4.78 is 5.75. The Bertz CT molecular complexity index is 706. The molecule has 1 amide bonds. The van der Waals surface area contributed by atoms with E-state index in [1.165, 1.54) is 11.3 Å². The summed E-state index contributed by atoms with van der Waals surface area (Å²) in [5.74, 6) is -0.117. The van der Waals surface area contributed by atoms with Crippen LogP contribution >= 0.6 is 11.3 Å². The van der Waals surface area contributed by atoms with Crippen LogP contribution in [-0.4, -0.2) is 41.1 Å². The van der Waals surface area contributed by atoms with Gasteiger partial charge in [0.15, 0.2) is 5.13 Å². The summed E-state index contributed by atoms with van der Waals surface area (Å²) in [4.78, 5) is 19.2. The Labute approximate surface area is 146 Å². The molecule has 0 saturated carbocycles. The van der Waals surface area contributed by atoms with Crippen molar-refractivity contribution >= 4 is 22.4 Å². The maximum absolute atomic E-state index is 12.3. The zero-order valence-corrected chi connectivity index (χ0v) is 15.1. The minimum atomic E-state index is -0.117. The van der Waals surface area contributed by atoms with Gasteiger partial charge in [0.25, 0.3) is 5.91 Å². The molecule has 2 atom stereocenters. The summed E-state index contributed by atoms with van der Waals surface area (Å²) in [5, 5.41) is 5.54. The smallest absolute Gasteiger partial charge is 0.257 e. The van der Waals surface area contributed by atoms with Gasteiger partial charge in [-0.3, -0.25) is 15.0 Å². The number of nitrogens with one attached hydrogen (secondary N) is 1. The molecule has 6 heteroatoms. The topological polar surface area (TPSA) is 54.5 Å². The third kappa shape index (κ3) is 4.41. The predicted molar refractivity (Wildman–Crippen MR) is 96.5 cm³/mol. The number of anilines is 1. The maximum atomic E-state index is 12.3. The van der Waals surface area contributed by atoms with Crippen LogP contribution < -0.4 is 5.32 Å². The van der Waals surface area contributed by atoms with Gasteiger partial charge in [-0.2, -0.15) is 0 Å². The predicted octanol–water partition coefficient (Wildman–Crippen LogP) is 3.31. The van der Waals surface area contributed by atoms with Crippen molar-refractivity contribution in [1.82, 2.24) is 9.88 Å². The fourth-order valence-corrected chi connectivity index (χ4v) is 3.73. The van der Waals surface area contributed by atoms with Crippen LogP contribution in [-0.2, 0) is 11.3 Å². The van der Waals surface area contributed by atoms with Crippen molar-refractivity contribution in [3.05, 3.63) is 46.5 Å². The van der Waals surface area contributed by atoms with Crippen molar-refractivity contribution in [2.45, 2.75) is 39.5 Å². The normalized spacial score (nSPS) is 21.6. The highest BCUT2D eigenvalue weighted by molar-refractivity contribution is 7.13. The quantitative estimate of drug-likeness (QED) is 0.924. The highest BCUT2D eigenvalue weighted by Gasteiger charge is 2.22. The standard InChI is InChI=1S/C18H23N3O2S/c1-12-5-4-6-15(7-12)17(22)20-18-19-16(11-24-18)10-21-8-13(2)23-14(3)9-21/h4-7,11,13-14H,8-10H2,1-3H3,(H,19,20,22). The lowest BCUT2D eigenvalue weighted by Gasteiger charge is -2.34. The van der Waals surface area contributed by atoms with E-state index in [9.17, 15) is 4.79 Å². The molecule has 1 aromatic carbocycles. The van der Waals surface area contributed by atoms with E-state index in [0.29, 0.717) is 10.7 Å². The van der Waals surface area contributed by atoms with E-state index in [2.05, 4.69) is 29.0 Å². The molecule has 1 saturated heterocycles. The van der Waals surface area contributed by atoms with E-state index in [-0.39, 0.29) is 18.1 Å². The van der Waals surface area contributed by atoms with Crippen molar-refractivity contribution in [2.24, 2.45) is 0 Å². The van der Waals surface area contributed by atoms with E-state index in [4.69, 9.17) is 4.74 Å². The van der Waals surface area contributed by atoms with Crippen LogP contribution in [0.4, 0.5) is 5.13 Å². The molecule has 5 nitrogen and oxygen atoms in total. The number of carbonyl (C=O) groups is 1. The molecule has 0 aliphatic carbocycles. The van der Waals surface area contributed by atoms with Gasteiger partial charge in [-0.05, 0) is 32.9 Å². The Morgan fingerprint density at radius 1 is 1.38 bits per heavy atom. The van der Waals surface area contributed by atoms with E-state index in [0.717, 1.165) is 30.9 Å². The van der Waals surface area contributed by atoms with Gasteiger partial charge in [0.05, 0.1) is 17.9 Å². The number of benzene rings is 1. The van der Waals surface area contributed by atoms with Gasteiger partial charge in [0.1, 0.15) is 0 Å². The van der Waals surface area contributed by atoms with E-state index in [1.807, 2.05) is 36.6 Å². The molecule has 1 N–H and O–H groups in total. The first-order valence-corrected chi connectivity index (χ1v) is 9.08. The van der Waals surface area contributed by atoms with Crippen LogP contribution in [0, 0.1) is 6.92 Å². The van der Waals surface area contributed by atoms with Crippen LogP contribution in [0.2, 0.25) is 0 Å². The number of aryl methyl sites for hydroxylation is 1. The van der Waals surface area contributed by atoms with E-state index >= 15 is 0 Å². The molecule has 24 heavy (non-hydrogen) atoms. The highest BCUT2D eigenvalue weighted by atomic mass is 32.1. The highest BCUT2D eigenvalue weighted by Crippen LogP contribution is 2.20. The van der Waals surface area contributed by atoms with Gasteiger partial charge >= 0.3 is 0 Å². The first-order chi connectivity index (χ1) is 11.5. The van der Waals surface area contributed by atoms with Crippen LogP contribution in [0.5, 0.6) is 0 Å². The molecule has 3 rings (SSSR count). The molecule has 0 radical (unpaired) electrons. The second kappa shape index (κ2) is 7.42. The summed E-state index contributed by atoms with van der Waals surface area (Å²) >= 11 is 1.47. The number of thiazole rings is 1. The third-order valence-corrected chi connectivity index (χ3v) is 4.74. The number of hydrogen-bond donors (Lipinski definition) is 1. The average molecular weight is 345 g/mol. The number of rotatable bonds is 4. The third-order valence-electron chi connectivity index (χ3n) is 3.93. The van der Waals surface area contributed by atoms with Crippen molar-refractivity contribution in [3.63, 3.8) is 0 Å². The molecule has 2 unspecified atom stereocenters. The summed E-state index contributed by atoms with van der Waals surface area (Å²) in [6.07, 6.45) is 0.487.